The number of anilines is 2. The number of rotatable bonds is 10. The zero-order valence-corrected chi connectivity index (χ0v) is 21.7. The summed E-state index contributed by atoms with van der Waals surface area (Å²) in [4.78, 5) is 14.5. The molecule has 0 amide bonds. The molecule has 10 heteroatoms. The zero-order valence-electron chi connectivity index (χ0n) is 20.1. The van der Waals surface area contributed by atoms with E-state index >= 15 is 0 Å². The van der Waals surface area contributed by atoms with E-state index in [0.717, 1.165) is 43.5 Å². The van der Waals surface area contributed by atoms with Crippen molar-refractivity contribution in [2.45, 2.75) is 6.54 Å². The minimum Gasteiger partial charge on any atom is -0.457 e. The fraction of sp³-hybridized carbons (Fsp3) is 0.148. The Balaban J connectivity index is 1.30. The number of hydrogen-bond donors (Lipinski definition) is 2. The Hall–Kier alpha value is -3.86. The van der Waals surface area contributed by atoms with Crippen LogP contribution in [-0.2, 0) is 16.4 Å². The summed E-state index contributed by atoms with van der Waals surface area (Å²) in [5.74, 6) is 2.34. The SMILES string of the molecule is CS(=O)(=O)CCNCc1cnc(-c2ccc3ncnc(Nc4ccc(Oc5ccccc5)cc4)c3c2)s1. The van der Waals surface area contributed by atoms with Crippen LogP contribution >= 0.6 is 11.3 Å². The first-order valence-corrected chi connectivity index (χ1v) is 14.5. The van der Waals surface area contributed by atoms with Gasteiger partial charge in [0, 0.05) is 47.1 Å². The predicted octanol–water partition coefficient (Wildman–Crippen LogP) is 5.42. The first-order valence-electron chi connectivity index (χ1n) is 11.6. The molecule has 2 N–H and O–H groups in total. The average Bonchev–Trinajstić information content (AvgIpc) is 3.37. The van der Waals surface area contributed by atoms with E-state index < -0.39 is 9.84 Å². The van der Waals surface area contributed by atoms with Gasteiger partial charge in [0.15, 0.2) is 0 Å². The lowest BCUT2D eigenvalue weighted by molar-refractivity contribution is 0.483. The van der Waals surface area contributed by atoms with Crippen molar-refractivity contribution < 1.29 is 13.2 Å². The third-order valence-corrected chi connectivity index (χ3v) is 7.47. The number of sulfone groups is 1. The number of aromatic nitrogens is 3. The summed E-state index contributed by atoms with van der Waals surface area (Å²) < 4.78 is 28.5. The summed E-state index contributed by atoms with van der Waals surface area (Å²) >= 11 is 1.57. The van der Waals surface area contributed by atoms with Gasteiger partial charge in [0.1, 0.15) is 38.5 Å². The number of ether oxygens (including phenoxy) is 1. The molecule has 0 saturated carbocycles. The maximum Gasteiger partial charge on any atom is 0.148 e. The number of thiazole rings is 1. The summed E-state index contributed by atoms with van der Waals surface area (Å²) in [6, 6.07) is 23.3. The summed E-state index contributed by atoms with van der Waals surface area (Å²) in [5.41, 5.74) is 2.66. The van der Waals surface area contributed by atoms with Gasteiger partial charge < -0.3 is 15.4 Å². The smallest absolute Gasteiger partial charge is 0.148 e. The molecule has 5 aromatic rings. The number of fused-ring (bicyclic) bond motifs is 1. The van der Waals surface area contributed by atoms with Crippen LogP contribution in [0, 0.1) is 0 Å². The normalized spacial score (nSPS) is 11.5. The van der Waals surface area contributed by atoms with Crippen LogP contribution in [0.25, 0.3) is 21.5 Å². The molecule has 0 spiro atoms. The van der Waals surface area contributed by atoms with Crippen LogP contribution in [0.2, 0.25) is 0 Å². The maximum atomic E-state index is 11.3. The quantitative estimate of drug-likeness (QED) is 0.230. The van der Waals surface area contributed by atoms with Gasteiger partial charge in [0.05, 0.1) is 11.3 Å². The Labute approximate surface area is 219 Å². The highest BCUT2D eigenvalue weighted by Crippen LogP contribution is 2.31. The van der Waals surface area contributed by atoms with Crippen molar-refractivity contribution in [3.05, 3.63) is 90.2 Å². The topological polar surface area (TPSA) is 106 Å². The Morgan fingerprint density at radius 3 is 2.49 bits per heavy atom. The van der Waals surface area contributed by atoms with Gasteiger partial charge in [0.2, 0.25) is 0 Å². The van der Waals surface area contributed by atoms with Gasteiger partial charge in [-0.05, 0) is 54.6 Å². The lowest BCUT2D eigenvalue weighted by Gasteiger charge is -2.10. The van der Waals surface area contributed by atoms with Crippen molar-refractivity contribution in [2.75, 3.05) is 23.9 Å². The summed E-state index contributed by atoms with van der Waals surface area (Å²) in [6.45, 7) is 0.981. The van der Waals surface area contributed by atoms with Crippen LogP contribution < -0.4 is 15.4 Å². The summed E-state index contributed by atoms with van der Waals surface area (Å²) in [7, 11) is -2.98. The van der Waals surface area contributed by atoms with Crippen molar-refractivity contribution in [1.29, 1.82) is 0 Å². The fourth-order valence-electron chi connectivity index (χ4n) is 3.65. The first-order chi connectivity index (χ1) is 17.9. The molecule has 3 aromatic carbocycles. The van der Waals surface area contributed by atoms with Crippen LogP contribution in [-0.4, -0.2) is 41.9 Å². The van der Waals surface area contributed by atoms with Crippen molar-refractivity contribution in [2.24, 2.45) is 0 Å². The van der Waals surface area contributed by atoms with Crippen molar-refractivity contribution in [3.63, 3.8) is 0 Å². The van der Waals surface area contributed by atoms with Crippen LogP contribution in [0.5, 0.6) is 11.5 Å². The Bertz CT molecular complexity index is 1600. The molecule has 0 radical (unpaired) electrons. The summed E-state index contributed by atoms with van der Waals surface area (Å²) in [5, 5.41) is 8.30. The molecule has 37 heavy (non-hydrogen) atoms. The van der Waals surface area contributed by atoms with E-state index in [2.05, 4.69) is 25.6 Å². The van der Waals surface area contributed by atoms with Crippen LogP contribution in [0.3, 0.4) is 0 Å². The molecule has 5 rings (SSSR count). The van der Waals surface area contributed by atoms with E-state index in [0.29, 0.717) is 18.9 Å². The van der Waals surface area contributed by atoms with E-state index in [1.54, 1.807) is 17.7 Å². The molecule has 0 unspecified atom stereocenters. The molecule has 188 valence electrons. The van der Waals surface area contributed by atoms with Gasteiger partial charge in [0.25, 0.3) is 0 Å². The van der Waals surface area contributed by atoms with Crippen molar-refractivity contribution in [3.8, 4) is 22.1 Å². The highest BCUT2D eigenvalue weighted by molar-refractivity contribution is 7.90. The molecule has 2 aromatic heterocycles. The monoisotopic (exact) mass is 531 g/mol. The minimum atomic E-state index is -2.98. The molecular formula is C27H25N5O3S2. The van der Waals surface area contributed by atoms with E-state index in [9.17, 15) is 8.42 Å². The second-order valence-electron chi connectivity index (χ2n) is 8.46. The molecule has 0 fully saturated rings. The Morgan fingerprint density at radius 2 is 1.70 bits per heavy atom. The number of benzene rings is 3. The predicted molar refractivity (Wildman–Crippen MR) is 148 cm³/mol. The molecule has 0 aliphatic rings. The highest BCUT2D eigenvalue weighted by atomic mass is 32.2. The summed E-state index contributed by atoms with van der Waals surface area (Å²) in [6.07, 6.45) is 4.60. The largest absolute Gasteiger partial charge is 0.457 e. The first kappa shape index (κ1) is 24.8. The fourth-order valence-corrected chi connectivity index (χ4v) is 5.04. The Morgan fingerprint density at radius 1 is 0.919 bits per heavy atom. The van der Waals surface area contributed by atoms with Crippen molar-refractivity contribution in [1.82, 2.24) is 20.3 Å². The van der Waals surface area contributed by atoms with Crippen LogP contribution in [0.4, 0.5) is 11.5 Å². The van der Waals surface area contributed by atoms with E-state index in [1.807, 2.05) is 79.0 Å². The van der Waals surface area contributed by atoms with Crippen molar-refractivity contribution >= 4 is 43.6 Å². The molecule has 0 saturated heterocycles. The van der Waals surface area contributed by atoms with Gasteiger partial charge in [-0.1, -0.05) is 18.2 Å². The van der Waals surface area contributed by atoms with Gasteiger partial charge in [-0.2, -0.15) is 0 Å². The lowest BCUT2D eigenvalue weighted by Crippen LogP contribution is -2.21. The second-order valence-corrected chi connectivity index (χ2v) is 11.8. The van der Waals surface area contributed by atoms with Gasteiger partial charge in [-0.25, -0.2) is 23.4 Å². The third kappa shape index (κ3) is 6.67. The highest BCUT2D eigenvalue weighted by Gasteiger charge is 2.10. The van der Waals surface area contributed by atoms with Gasteiger partial charge in [-0.3, -0.25) is 0 Å². The molecule has 0 bridgehead atoms. The number of para-hydroxylation sites is 1. The molecule has 0 atom stereocenters. The maximum absolute atomic E-state index is 11.3. The molecule has 0 aliphatic heterocycles. The minimum absolute atomic E-state index is 0.113. The average molecular weight is 532 g/mol. The lowest BCUT2D eigenvalue weighted by atomic mass is 10.1. The van der Waals surface area contributed by atoms with E-state index in [1.165, 1.54) is 6.26 Å². The zero-order chi connectivity index (χ0) is 25.7. The van der Waals surface area contributed by atoms with Crippen LogP contribution in [0.15, 0.2) is 85.3 Å². The Kier molecular flexibility index (Phi) is 7.40. The second kappa shape index (κ2) is 11.0. The third-order valence-electron chi connectivity index (χ3n) is 5.48. The molecule has 0 aliphatic carbocycles. The van der Waals surface area contributed by atoms with Crippen LogP contribution in [0.1, 0.15) is 4.88 Å². The molecule has 2 heterocycles. The number of hydrogen-bond acceptors (Lipinski definition) is 9. The number of nitrogens with zero attached hydrogens (tertiary/aromatic N) is 3. The van der Waals surface area contributed by atoms with Gasteiger partial charge in [-0.15, -0.1) is 11.3 Å². The van der Waals surface area contributed by atoms with E-state index in [-0.39, 0.29) is 5.75 Å². The van der Waals surface area contributed by atoms with E-state index in [4.69, 9.17) is 4.74 Å². The molecular weight excluding hydrogens is 506 g/mol. The standard InChI is InChI=1S/C27H25N5O3S2/c1-37(33,34)14-13-28-16-23-17-29-27(36-23)19-7-12-25-24(15-19)26(31-18-30-25)32-20-8-10-22(11-9-20)35-21-5-3-2-4-6-21/h2-12,15,17-18,28H,13-14,16H2,1H3,(H,30,31,32). The number of nitrogens with one attached hydrogen (secondary N) is 2. The van der Waals surface area contributed by atoms with Gasteiger partial charge >= 0.3 is 0 Å². The molecule has 8 nitrogen and oxygen atoms in total.